The van der Waals surface area contributed by atoms with Crippen LogP contribution in [0.4, 0.5) is 0 Å². The minimum atomic E-state index is -0.348. The van der Waals surface area contributed by atoms with Crippen LogP contribution in [0.25, 0.3) is 0 Å². The van der Waals surface area contributed by atoms with Crippen LogP contribution in [0.1, 0.15) is 41.5 Å². The summed E-state index contributed by atoms with van der Waals surface area (Å²) in [6.45, 7) is 13.4. The summed E-state index contributed by atoms with van der Waals surface area (Å²) in [5, 5.41) is 0. The number of ether oxygens (including phenoxy) is 6. The lowest BCUT2D eigenvalue weighted by atomic mass is 10.3. The van der Waals surface area contributed by atoms with Gasteiger partial charge in [0, 0.05) is 19.8 Å². The summed E-state index contributed by atoms with van der Waals surface area (Å²) < 4.78 is 34.1. The second kappa shape index (κ2) is 14.9. The van der Waals surface area contributed by atoms with Gasteiger partial charge in [0.2, 0.25) is 0 Å². The van der Waals surface area contributed by atoms with Crippen molar-refractivity contribution >= 4 is 10.9 Å². The van der Waals surface area contributed by atoms with Gasteiger partial charge in [-0.2, -0.15) is 0 Å². The lowest BCUT2D eigenvalue weighted by Gasteiger charge is -2.16. The molecule has 37 heavy (non-hydrogen) atoms. The zero-order chi connectivity index (χ0) is 26.6. The molecule has 0 aliphatic heterocycles. The minimum Gasteiger partial charge on any atom is -0.465 e. The molecule has 0 amide bonds. The van der Waals surface area contributed by atoms with Gasteiger partial charge >= 0.3 is 0 Å². The smallest absolute Gasteiger partial charge is 0.196 e. The van der Waals surface area contributed by atoms with E-state index in [4.69, 9.17) is 28.4 Å². The van der Waals surface area contributed by atoms with E-state index in [0.717, 1.165) is 17.2 Å². The SMILES string of the molecule is CCOC(C)Oc1ccc([S+](c2ccc(OC(C)OCC)cc2)c2ccc(OC(C)OCC)cc2)cc1. The van der Waals surface area contributed by atoms with Crippen LogP contribution in [0.5, 0.6) is 17.2 Å². The number of hydrogen-bond acceptors (Lipinski definition) is 6. The minimum absolute atomic E-state index is 0.299. The van der Waals surface area contributed by atoms with Gasteiger partial charge in [0.25, 0.3) is 0 Å². The second-order valence-corrected chi connectivity index (χ2v) is 10.2. The Morgan fingerprint density at radius 1 is 0.459 bits per heavy atom. The van der Waals surface area contributed by atoms with E-state index in [1.165, 1.54) is 14.7 Å². The maximum Gasteiger partial charge on any atom is 0.196 e. The molecule has 0 saturated carbocycles. The molecule has 3 aromatic carbocycles. The number of hydrogen-bond donors (Lipinski definition) is 0. The van der Waals surface area contributed by atoms with Gasteiger partial charge in [0.05, 0.1) is 10.9 Å². The molecule has 3 unspecified atom stereocenters. The predicted molar refractivity (Wildman–Crippen MR) is 147 cm³/mol. The highest BCUT2D eigenvalue weighted by Gasteiger charge is 2.29. The molecule has 0 saturated heterocycles. The summed E-state index contributed by atoms with van der Waals surface area (Å²) >= 11 is 0. The summed E-state index contributed by atoms with van der Waals surface area (Å²) in [5.74, 6) is 2.32. The van der Waals surface area contributed by atoms with Crippen LogP contribution >= 0.6 is 0 Å². The fourth-order valence-electron chi connectivity index (χ4n) is 3.75. The lowest BCUT2D eigenvalue weighted by molar-refractivity contribution is -0.0616. The van der Waals surface area contributed by atoms with Crippen molar-refractivity contribution in [3.63, 3.8) is 0 Å². The van der Waals surface area contributed by atoms with Gasteiger partial charge in [-0.05, 0) is 114 Å². The Balaban J connectivity index is 1.87. The fourth-order valence-corrected chi connectivity index (χ4v) is 5.79. The molecule has 0 radical (unpaired) electrons. The van der Waals surface area contributed by atoms with Crippen molar-refractivity contribution in [1.82, 2.24) is 0 Å². The molecule has 3 aromatic rings. The number of benzene rings is 3. The van der Waals surface area contributed by atoms with Crippen LogP contribution in [0.2, 0.25) is 0 Å². The van der Waals surface area contributed by atoms with Gasteiger partial charge in [-0.1, -0.05) is 0 Å². The first-order chi connectivity index (χ1) is 17.9. The first-order valence-electron chi connectivity index (χ1n) is 12.8. The largest absolute Gasteiger partial charge is 0.465 e. The van der Waals surface area contributed by atoms with E-state index in [1.807, 2.05) is 77.9 Å². The quantitative estimate of drug-likeness (QED) is 0.156. The fraction of sp³-hybridized carbons (Fsp3) is 0.400. The predicted octanol–water partition coefficient (Wildman–Crippen LogP) is 7.07. The third-order valence-electron chi connectivity index (χ3n) is 5.29. The van der Waals surface area contributed by atoms with E-state index >= 15 is 0 Å². The third kappa shape index (κ3) is 8.97. The van der Waals surface area contributed by atoms with E-state index in [-0.39, 0.29) is 29.8 Å². The van der Waals surface area contributed by atoms with Gasteiger partial charge in [0.1, 0.15) is 17.2 Å². The van der Waals surface area contributed by atoms with E-state index in [2.05, 4.69) is 36.4 Å². The Morgan fingerprint density at radius 3 is 0.919 bits per heavy atom. The van der Waals surface area contributed by atoms with Gasteiger partial charge in [-0.3, -0.25) is 0 Å². The zero-order valence-electron chi connectivity index (χ0n) is 22.6. The van der Waals surface area contributed by atoms with Gasteiger partial charge in [0.15, 0.2) is 33.6 Å². The van der Waals surface area contributed by atoms with E-state index < -0.39 is 0 Å². The van der Waals surface area contributed by atoms with Crippen molar-refractivity contribution in [1.29, 1.82) is 0 Å². The average molecular weight is 528 g/mol. The van der Waals surface area contributed by atoms with Crippen LogP contribution in [0.3, 0.4) is 0 Å². The summed E-state index contributed by atoms with van der Waals surface area (Å²) in [7, 11) is -0.348. The highest BCUT2D eigenvalue weighted by molar-refractivity contribution is 7.97. The molecule has 0 aromatic heterocycles. The van der Waals surface area contributed by atoms with Crippen molar-refractivity contribution < 1.29 is 28.4 Å². The highest BCUT2D eigenvalue weighted by atomic mass is 32.2. The molecule has 0 N–H and O–H groups in total. The van der Waals surface area contributed by atoms with Gasteiger partial charge in [-0.15, -0.1) is 0 Å². The van der Waals surface area contributed by atoms with Crippen molar-refractivity contribution in [2.75, 3.05) is 19.8 Å². The Bertz CT molecular complexity index is 902. The van der Waals surface area contributed by atoms with Crippen LogP contribution in [-0.2, 0) is 25.1 Å². The molecular weight excluding hydrogens is 488 g/mol. The Labute approximate surface area is 224 Å². The number of rotatable bonds is 15. The van der Waals surface area contributed by atoms with Crippen LogP contribution < -0.4 is 14.2 Å². The zero-order valence-corrected chi connectivity index (χ0v) is 23.5. The topological polar surface area (TPSA) is 55.4 Å². The van der Waals surface area contributed by atoms with E-state index in [0.29, 0.717) is 19.8 Å². The molecule has 0 spiro atoms. The van der Waals surface area contributed by atoms with Gasteiger partial charge in [-0.25, -0.2) is 0 Å². The molecule has 0 aliphatic rings. The Hall–Kier alpha value is -2.71. The Morgan fingerprint density at radius 2 is 0.703 bits per heavy atom. The summed E-state index contributed by atoms with van der Waals surface area (Å²) in [6, 6.07) is 24.6. The molecule has 200 valence electrons. The highest BCUT2D eigenvalue weighted by Crippen LogP contribution is 2.34. The molecule has 3 rings (SSSR count). The van der Waals surface area contributed by atoms with Crippen molar-refractivity contribution in [3.05, 3.63) is 72.8 Å². The summed E-state index contributed by atoms with van der Waals surface area (Å²) in [4.78, 5) is 3.51. The van der Waals surface area contributed by atoms with Crippen molar-refractivity contribution in [3.8, 4) is 17.2 Å². The van der Waals surface area contributed by atoms with Crippen LogP contribution in [-0.4, -0.2) is 38.7 Å². The molecule has 0 fully saturated rings. The molecule has 0 aliphatic carbocycles. The monoisotopic (exact) mass is 527 g/mol. The molecule has 7 heteroatoms. The first-order valence-corrected chi connectivity index (χ1v) is 14.0. The summed E-state index contributed by atoms with van der Waals surface area (Å²) in [6.07, 6.45) is -0.896. The summed E-state index contributed by atoms with van der Waals surface area (Å²) in [5.41, 5.74) is 0. The maximum atomic E-state index is 5.87. The molecular formula is C30H39O6S+. The van der Waals surface area contributed by atoms with Crippen LogP contribution in [0, 0.1) is 0 Å². The van der Waals surface area contributed by atoms with Crippen LogP contribution in [0.15, 0.2) is 87.5 Å². The molecule has 6 nitrogen and oxygen atoms in total. The maximum absolute atomic E-state index is 5.87. The van der Waals surface area contributed by atoms with E-state index in [1.54, 1.807) is 0 Å². The van der Waals surface area contributed by atoms with Crippen molar-refractivity contribution in [2.45, 2.75) is 75.1 Å². The van der Waals surface area contributed by atoms with Gasteiger partial charge < -0.3 is 28.4 Å². The Kier molecular flexibility index (Phi) is 11.6. The molecule has 0 bridgehead atoms. The standard InChI is InChI=1S/C30H39O6S/c1-7-31-22(4)34-25-10-16-28(17-11-25)37(29-18-12-26(13-19-29)35-23(5)32-8-2)30-20-14-27(15-21-30)36-24(6)33-9-3/h10-24H,7-9H2,1-6H3/q+1. The second-order valence-electron chi connectivity index (χ2n) is 8.14. The average Bonchev–Trinajstić information content (AvgIpc) is 2.88. The van der Waals surface area contributed by atoms with E-state index in [9.17, 15) is 0 Å². The third-order valence-corrected chi connectivity index (χ3v) is 7.52. The first kappa shape index (κ1) is 28.9. The lowest BCUT2D eigenvalue weighted by Crippen LogP contribution is -2.16. The molecule has 0 heterocycles. The molecule has 3 atom stereocenters. The normalized spacial score (nSPS) is 14.4. The van der Waals surface area contributed by atoms with Crippen molar-refractivity contribution in [2.24, 2.45) is 0 Å².